The molecular formula is C14H17FN4. The van der Waals surface area contributed by atoms with Gasteiger partial charge in [0, 0.05) is 13.1 Å². The Morgan fingerprint density at radius 1 is 1.26 bits per heavy atom. The highest BCUT2D eigenvalue weighted by Crippen LogP contribution is 2.14. The Bertz CT molecular complexity index is 557. The minimum Gasteiger partial charge on any atom is -0.363 e. The van der Waals surface area contributed by atoms with Gasteiger partial charge in [0.05, 0.1) is 5.69 Å². The molecule has 0 aliphatic carbocycles. The Labute approximate surface area is 111 Å². The highest BCUT2D eigenvalue weighted by atomic mass is 19.1. The summed E-state index contributed by atoms with van der Waals surface area (Å²) >= 11 is 0. The minimum absolute atomic E-state index is 0.241. The van der Waals surface area contributed by atoms with Crippen molar-refractivity contribution < 1.29 is 4.39 Å². The van der Waals surface area contributed by atoms with Crippen LogP contribution in [0.2, 0.25) is 0 Å². The molecule has 4 nitrogen and oxygen atoms in total. The standard InChI is InChI=1S/C14H17FN4/c1-2-12-13(15)14(19-9-18-12)17-8-11-5-3-4-10(6-11)7-16/h3-6,9H,2,7-8,16H2,1H3,(H,17,18,19). The zero-order valence-electron chi connectivity index (χ0n) is 10.9. The molecule has 0 saturated carbocycles. The molecule has 0 aliphatic rings. The summed E-state index contributed by atoms with van der Waals surface area (Å²) in [5.41, 5.74) is 8.10. The number of rotatable bonds is 5. The topological polar surface area (TPSA) is 63.8 Å². The van der Waals surface area contributed by atoms with Gasteiger partial charge in [-0.05, 0) is 17.5 Å². The van der Waals surface area contributed by atoms with E-state index in [1.165, 1.54) is 6.33 Å². The maximum Gasteiger partial charge on any atom is 0.186 e. The molecule has 0 unspecified atom stereocenters. The number of aryl methyl sites for hydroxylation is 1. The van der Waals surface area contributed by atoms with Crippen molar-refractivity contribution in [1.29, 1.82) is 0 Å². The smallest absolute Gasteiger partial charge is 0.186 e. The normalized spacial score (nSPS) is 10.5. The largest absolute Gasteiger partial charge is 0.363 e. The fourth-order valence-electron chi connectivity index (χ4n) is 1.83. The van der Waals surface area contributed by atoms with Crippen molar-refractivity contribution in [2.24, 2.45) is 5.73 Å². The fraction of sp³-hybridized carbons (Fsp3) is 0.286. The van der Waals surface area contributed by atoms with Gasteiger partial charge in [0.15, 0.2) is 11.6 Å². The molecule has 0 spiro atoms. The first kappa shape index (κ1) is 13.4. The van der Waals surface area contributed by atoms with Crippen LogP contribution in [-0.2, 0) is 19.5 Å². The first-order valence-electron chi connectivity index (χ1n) is 6.25. The highest BCUT2D eigenvalue weighted by Gasteiger charge is 2.08. The molecule has 0 amide bonds. The van der Waals surface area contributed by atoms with Crippen molar-refractivity contribution in [3.8, 4) is 0 Å². The van der Waals surface area contributed by atoms with Crippen LogP contribution in [0.15, 0.2) is 30.6 Å². The Kier molecular flexibility index (Phi) is 4.41. The first-order chi connectivity index (χ1) is 9.24. The molecular weight excluding hydrogens is 243 g/mol. The van der Waals surface area contributed by atoms with E-state index >= 15 is 0 Å². The van der Waals surface area contributed by atoms with Gasteiger partial charge in [-0.15, -0.1) is 0 Å². The number of nitrogens with one attached hydrogen (secondary N) is 1. The Balaban J connectivity index is 2.10. The van der Waals surface area contributed by atoms with Gasteiger partial charge in [0.25, 0.3) is 0 Å². The predicted octanol–water partition coefficient (Wildman–Crippen LogP) is 2.25. The number of hydrogen-bond acceptors (Lipinski definition) is 4. The van der Waals surface area contributed by atoms with Gasteiger partial charge < -0.3 is 11.1 Å². The van der Waals surface area contributed by atoms with E-state index in [1.54, 1.807) is 0 Å². The molecule has 2 aromatic rings. The summed E-state index contributed by atoms with van der Waals surface area (Å²) in [6, 6.07) is 7.86. The van der Waals surface area contributed by atoms with Crippen molar-refractivity contribution in [3.63, 3.8) is 0 Å². The van der Waals surface area contributed by atoms with Gasteiger partial charge in [-0.25, -0.2) is 14.4 Å². The molecule has 2 rings (SSSR count). The van der Waals surface area contributed by atoms with E-state index in [1.807, 2.05) is 31.2 Å². The highest BCUT2D eigenvalue weighted by molar-refractivity contribution is 5.38. The summed E-state index contributed by atoms with van der Waals surface area (Å²) in [6.07, 6.45) is 1.92. The van der Waals surface area contributed by atoms with Gasteiger partial charge in [0.1, 0.15) is 6.33 Å². The van der Waals surface area contributed by atoms with Crippen molar-refractivity contribution in [1.82, 2.24) is 9.97 Å². The van der Waals surface area contributed by atoms with Crippen LogP contribution < -0.4 is 11.1 Å². The van der Waals surface area contributed by atoms with E-state index in [2.05, 4.69) is 15.3 Å². The average Bonchev–Trinajstić information content (AvgIpc) is 2.46. The molecule has 0 radical (unpaired) electrons. The van der Waals surface area contributed by atoms with Crippen LogP contribution in [0.25, 0.3) is 0 Å². The molecule has 0 bridgehead atoms. The third-order valence-corrected chi connectivity index (χ3v) is 2.88. The average molecular weight is 260 g/mol. The third-order valence-electron chi connectivity index (χ3n) is 2.88. The van der Waals surface area contributed by atoms with Crippen LogP contribution in [0.4, 0.5) is 10.2 Å². The van der Waals surface area contributed by atoms with Crippen molar-refractivity contribution in [2.75, 3.05) is 5.32 Å². The number of nitrogens with two attached hydrogens (primary N) is 1. The molecule has 5 heteroatoms. The van der Waals surface area contributed by atoms with Gasteiger partial charge in [-0.1, -0.05) is 31.2 Å². The summed E-state index contributed by atoms with van der Waals surface area (Å²) in [7, 11) is 0. The van der Waals surface area contributed by atoms with Crippen LogP contribution in [0.5, 0.6) is 0 Å². The Morgan fingerprint density at radius 3 is 2.79 bits per heavy atom. The zero-order chi connectivity index (χ0) is 13.7. The summed E-state index contributed by atoms with van der Waals surface area (Å²) in [5, 5.41) is 2.99. The number of anilines is 1. The number of benzene rings is 1. The second-order valence-electron chi connectivity index (χ2n) is 4.21. The zero-order valence-corrected chi connectivity index (χ0v) is 10.9. The van der Waals surface area contributed by atoms with E-state index in [0.717, 1.165) is 11.1 Å². The molecule has 0 saturated heterocycles. The summed E-state index contributed by atoms with van der Waals surface area (Å²) in [6.45, 7) is 2.86. The third kappa shape index (κ3) is 3.26. The van der Waals surface area contributed by atoms with E-state index in [9.17, 15) is 4.39 Å². The number of hydrogen-bond donors (Lipinski definition) is 2. The SMILES string of the molecule is CCc1ncnc(NCc2cccc(CN)c2)c1F. The van der Waals surface area contributed by atoms with E-state index in [-0.39, 0.29) is 11.6 Å². The van der Waals surface area contributed by atoms with Crippen molar-refractivity contribution in [3.05, 3.63) is 53.2 Å². The summed E-state index contributed by atoms with van der Waals surface area (Å²) in [5.74, 6) is -0.134. The van der Waals surface area contributed by atoms with Crippen LogP contribution in [0, 0.1) is 5.82 Å². The summed E-state index contributed by atoms with van der Waals surface area (Å²) in [4.78, 5) is 7.82. The van der Waals surface area contributed by atoms with Gasteiger partial charge in [0.2, 0.25) is 0 Å². The lowest BCUT2D eigenvalue weighted by molar-refractivity contribution is 0.596. The Morgan fingerprint density at radius 2 is 2.05 bits per heavy atom. The fourth-order valence-corrected chi connectivity index (χ4v) is 1.83. The van der Waals surface area contributed by atoms with Crippen LogP contribution in [0.3, 0.4) is 0 Å². The first-order valence-corrected chi connectivity index (χ1v) is 6.25. The summed E-state index contributed by atoms with van der Waals surface area (Å²) < 4.78 is 13.9. The molecule has 1 heterocycles. The number of halogens is 1. The molecule has 0 aliphatic heterocycles. The van der Waals surface area contributed by atoms with Crippen LogP contribution in [0.1, 0.15) is 23.7 Å². The second-order valence-corrected chi connectivity index (χ2v) is 4.21. The molecule has 1 aromatic carbocycles. The van der Waals surface area contributed by atoms with Crippen molar-refractivity contribution >= 4 is 5.82 Å². The van der Waals surface area contributed by atoms with Crippen LogP contribution in [-0.4, -0.2) is 9.97 Å². The lowest BCUT2D eigenvalue weighted by atomic mass is 10.1. The quantitative estimate of drug-likeness (QED) is 0.865. The van der Waals surface area contributed by atoms with Crippen LogP contribution >= 0.6 is 0 Å². The van der Waals surface area contributed by atoms with Gasteiger partial charge in [-0.2, -0.15) is 0 Å². The lowest BCUT2D eigenvalue weighted by Gasteiger charge is -2.09. The van der Waals surface area contributed by atoms with E-state index in [4.69, 9.17) is 5.73 Å². The molecule has 1 aromatic heterocycles. The molecule has 3 N–H and O–H groups in total. The molecule has 100 valence electrons. The van der Waals surface area contributed by atoms with E-state index < -0.39 is 0 Å². The monoisotopic (exact) mass is 260 g/mol. The maximum atomic E-state index is 13.9. The molecule has 0 atom stereocenters. The minimum atomic E-state index is -0.375. The van der Waals surface area contributed by atoms with Crippen molar-refractivity contribution in [2.45, 2.75) is 26.4 Å². The maximum absolute atomic E-state index is 13.9. The molecule has 19 heavy (non-hydrogen) atoms. The molecule has 0 fully saturated rings. The van der Waals surface area contributed by atoms with E-state index in [0.29, 0.717) is 25.2 Å². The van der Waals surface area contributed by atoms with Gasteiger partial charge >= 0.3 is 0 Å². The second kappa shape index (κ2) is 6.24. The number of aromatic nitrogens is 2. The number of nitrogens with zero attached hydrogens (tertiary/aromatic N) is 2. The lowest BCUT2D eigenvalue weighted by Crippen LogP contribution is -2.07. The predicted molar refractivity (Wildman–Crippen MR) is 73.0 cm³/mol. The van der Waals surface area contributed by atoms with Gasteiger partial charge in [-0.3, -0.25) is 0 Å². The Hall–Kier alpha value is -2.01.